The van der Waals surface area contributed by atoms with E-state index in [1.54, 1.807) is 0 Å². The fourth-order valence-corrected chi connectivity index (χ4v) is 0.342. The van der Waals surface area contributed by atoms with Crippen LogP contribution in [0.3, 0.4) is 0 Å². The van der Waals surface area contributed by atoms with Crippen molar-refractivity contribution in [3.8, 4) is 0 Å². The Morgan fingerprint density at radius 3 is 2.50 bits per heavy atom. The van der Waals surface area contributed by atoms with Gasteiger partial charge in [-0.05, 0) is 6.92 Å². The Morgan fingerprint density at radius 2 is 2.20 bits per heavy atom. The van der Waals surface area contributed by atoms with E-state index in [9.17, 15) is 9.59 Å². The summed E-state index contributed by atoms with van der Waals surface area (Å²) in [5.41, 5.74) is 0. The maximum atomic E-state index is 10.3. The van der Waals surface area contributed by atoms with Crippen LogP contribution in [0.1, 0.15) is 6.92 Å². The van der Waals surface area contributed by atoms with Gasteiger partial charge in [0, 0.05) is 0 Å². The lowest BCUT2D eigenvalue weighted by Crippen LogP contribution is -2.24. The molecule has 5 heteroatoms. The van der Waals surface area contributed by atoms with Gasteiger partial charge in [0.2, 0.25) is 0 Å². The van der Waals surface area contributed by atoms with E-state index in [0.29, 0.717) is 0 Å². The van der Waals surface area contributed by atoms with Crippen molar-refractivity contribution in [3.05, 3.63) is 0 Å². The lowest BCUT2D eigenvalue weighted by molar-refractivity contribution is -0.160. The molecule has 0 bridgehead atoms. The number of hydrogen-bond acceptors (Lipinski definition) is 3. The second-order valence-corrected chi connectivity index (χ2v) is 1.87. The summed E-state index contributed by atoms with van der Waals surface area (Å²) < 4.78 is 4.29. The second kappa shape index (κ2) is 4.11. The van der Waals surface area contributed by atoms with Crippen molar-refractivity contribution in [2.45, 2.75) is 13.0 Å². The van der Waals surface area contributed by atoms with Gasteiger partial charge in [-0.25, -0.2) is 4.79 Å². The first-order valence-electron chi connectivity index (χ1n) is 2.56. The molecule has 0 saturated heterocycles. The van der Waals surface area contributed by atoms with Crippen molar-refractivity contribution >= 4 is 23.5 Å². The van der Waals surface area contributed by atoms with Crippen molar-refractivity contribution in [2.24, 2.45) is 0 Å². The number of carbonyl (C=O) groups excluding carboxylic acids is 1. The Balaban J connectivity index is 3.68. The largest absolute Gasteiger partial charge is 0.479 e. The normalized spacial score (nSPS) is 12.2. The van der Waals surface area contributed by atoms with Crippen LogP contribution in [0.25, 0.3) is 0 Å². The van der Waals surface area contributed by atoms with Crippen molar-refractivity contribution in [1.82, 2.24) is 0 Å². The second-order valence-electron chi connectivity index (χ2n) is 1.60. The fraction of sp³-hybridized carbons (Fsp3) is 0.600. The monoisotopic (exact) mass is 166 g/mol. The van der Waals surface area contributed by atoms with Crippen LogP contribution in [0.5, 0.6) is 0 Å². The van der Waals surface area contributed by atoms with Crippen LogP contribution in [-0.4, -0.2) is 29.0 Å². The highest BCUT2D eigenvalue weighted by Gasteiger charge is 2.14. The van der Waals surface area contributed by atoms with Gasteiger partial charge in [0.25, 0.3) is 0 Å². The topological polar surface area (TPSA) is 63.6 Å². The van der Waals surface area contributed by atoms with Gasteiger partial charge >= 0.3 is 11.9 Å². The molecule has 0 radical (unpaired) electrons. The van der Waals surface area contributed by atoms with E-state index >= 15 is 0 Å². The minimum atomic E-state index is -1.18. The fourth-order valence-electron chi connectivity index (χ4n) is 0.279. The van der Waals surface area contributed by atoms with Crippen molar-refractivity contribution in [3.63, 3.8) is 0 Å². The molecule has 0 spiro atoms. The molecule has 0 fully saturated rings. The van der Waals surface area contributed by atoms with E-state index in [2.05, 4.69) is 4.74 Å². The van der Waals surface area contributed by atoms with E-state index in [1.807, 2.05) is 0 Å². The molecule has 0 aromatic heterocycles. The standard InChI is InChI=1S/C5H7ClO4/c1-3(5(8)9)10-4(7)2-6/h3H,2H2,1H3,(H,8,9)/t3-/m0/s1. The first-order chi connectivity index (χ1) is 4.57. The van der Waals surface area contributed by atoms with Crippen LogP contribution in [0, 0.1) is 0 Å². The van der Waals surface area contributed by atoms with Crippen LogP contribution in [0.15, 0.2) is 0 Å². The lowest BCUT2D eigenvalue weighted by Gasteiger charge is -2.05. The molecule has 0 rings (SSSR count). The molecule has 0 aliphatic heterocycles. The average Bonchev–Trinajstić information content (AvgIpc) is 1.87. The average molecular weight is 167 g/mol. The van der Waals surface area contributed by atoms with Gasteiger partial charge in [0.05, 0.1) is 0 Å². The maximum absolute atomic E-state index is 10.3. The number of halogens is 1. The molecule has 0 unspecified atom stereocenters. The zero-order chi connectivity index (χ0) is 8.15. The van der Waals surface area contributed by atoms with Crippen LogP contribution < -0.4 is 0 Å². The highest BCUT2D eigenvalue weighted by atomic mass is 35.5. The summed E-state index contributed by atoms with van der Waals surface area (Å²) in [5, 5.41) is 8.21. The third-order valence-electron chi connectivity index (χ3n) is 0.765. The minimum absolute atomic E-state index is 0.322. The van der Waals surface area contributed by atoms with Gasteiger partial charge in [0.15, 0.2) is 6.10 Å². The molecule has 10 heavy (non-hydrogen) atoms. The van der Waals surface area contributed by atoms with Gasteiger partial charge < -0.3 is 9.84 Å². The van der Waals surface area contributed by atoms with Gasteiger partial charge in [-0.15, -0.1) is 11.6 Å². The number of carbonyl (C=O) groups is 2. The lowest BCUT2D eigenvalue weighted by atomic mass is 10.4. The van der Waals surface area contributed by atoms with Crippen LogP contribution in [0.2, 0.25) is 0 Å². The molecular weight excluding hydrogens is 160 g/mol. The number of carboxylic acid groups (broad SMARTS) is 1. The Bertz CT molecular complexity index is 145. The Kier molecular flexibility index (Phi) is 3.79. The molecular formula is C5H7ClO4. The van der Waals surface area contributed by atoms with Crippen LogP contribution >= 0.6 is 11.6 Å². The SMILES string of the molecule is C[C@H](OC(=O)CCl)C(=O)O. The Morgan fingerprint density at radius 1 is 1.70 bits per heavy atom. The van der Waals surface area contributed by atoms with E-state index in [0.717, 1.165) is 0 Å². The number of hydrogen-bond donors (Lipinski definition) is 1. The van der Waals surface area contributed by atoms with Crippen molar-refractivity contribution < 1.29 is 19.4 Å². The summed E-state index contributed by atoms with van der Waals surface area (Å²) in [6.45, 7) is 1.26. The van der Waals surface area contributed by atoms with Crippen molar-refractivity contribution in [1.29, 1.82) is 0 Å². The smallest absolute Gasteiger partial charge is 0.344 e. The molecule has 0 saturated carbocycles. The van der Waals surface area contributed by atoms with Crippen LogP contribution in [0.4, 0.5) is 0 Å². The molecule has 1 atom stereocenters. The van der Waals surface area contributed by atoms with Gasteiger partial charge in [0.1, 0.15) is 5.88 Å². The van der Waals surface area contributed by atoms with Crippen LogP contribution in [-0.2, 0) is 14.3 Å². The first kappa shape index (κ1) is 9.23. The zero-order valence-electron chi connectivity index (χ0n) is 5.33. The summed E-state index contributed by atoms with van der Waals surface area (Å²) in [4.78, 5) is 20.3. The predicted octanol–water partition coefficient (Wildman–Crippen LogP) is 0.241. The summed E-state index contributed by atoms with van der Waals surface area (Å²) in [6.07, 6.45) is -1.12. The molecule has 1 N–H and O–H groups in total. The van der Waals surface area contributed by atoms with E-state index in [-0.39, 0.29) is 5.88 Å². The molecule has 0 aliphatic carbocycles. The van der Waals surface area contributed by atoms with Crippen molar-refractivity contribution in [2.75, 3.05) is 5.88 Å². The third kappa shape index (κ3) is 3.29. The minimum Gasteiger partial charge on any atom is -0.479 e. The predicted molar refractivity (Wildman–Crippen MR) is 33.9 cm³/mol. The number of ether oxygens (including phenoxy) is 1. The quantitative estimate of drug-likeness (QED) is 0.482. The number of rotatable bonds is 3. The van der Waals surface area contributed by atoms with E-state index in [4.69, 9.17) is 16.7 Å². The Hall–Kier alpha value is -0.770. The first-order valence-corrected chi connectivity index (χ1v) is 3.09. The molecule has 0 aromatic carbocycles. The zero-order valence-corrected chi connectivity index (χ0v) is 6.09. The molecule has 0 amide bonds. The summed E-state index contributed by atoms with van der Waals surface area (Å²) >= 11 is 5.03. The Labute approximate surface area is 62.7 Å². The highest BCUT2D eigenvalue weighted by Crippen LogP contribution is 1.92. The van der Waals surface area contributed by atoms with E-state index in [1.165, 1.54) is 6.92 Å². The highest BCUT2D eigenvalue weighted by molar-refractivity contribution is 6.26. The van der Waals surface area contributed by atoms with E-state index < -0.39 is 18.0 Å². The number of esters is 1. The number of aliphatic carboxylic acids is 1. The number of carboxylic acids is 1. The summed E-state index contributed by atoms with van der Waals surface area (Å²) in [6, 6.07) is 0. The molecule has 0 aliphatic rings. The van der Waals surface area contributed by atoms with Gasteiger partial charge in [-0.2, -0.15) is 0 Å². The van der Waals surface area contributed by atoms with Gasteiger partial charge in [-0.1, -0.05) is 0 Å². The number of alkyl halides is 1. The third-order valence-corrected chi connectivity index (χ3v) is 0.983. The maximum Gasteiger partial charge on any atom is 0.344 e. The van der Waals surface area contributed by atoms with Gasteiger partial charge in [-0.3, -0.25) is 4.79 Å². The summed E-state index contributed by atoms with van der Waals surface area (Å²) in [7, 11) is 0. The molecule has 4 nitrogen and oxygen atoms in total. The summed E-state index contributed by atoms with van der Waals surface area (Å²) in [5.74, 6) is -2.23. The molecule has 58 valence electrons. The molecule has 0 heterocycles. The molecule has 0 aromatic rings.